The zero-order valence-corrected chi connectivity index (χ0v) is 20.4. The standard InChI is InChI=1S/C29H31FN2O4/c1-2-35-17-16-28(33)32-20-22(18-21-6-4-3-5-7-21)19-27(32)29(34)31-24-10-14-26(15-11-24)36-25-12-8-23(30)9-13-25/h3-15,22,27H,2,16-20H2,1H3,(H,31,34)/t22-,27+/m1/s1. The van der Waals surface area contributed by atoms with E-state index < -0.39 is 6.04 Å². The lowest BCUT2D eigenvalue weighted by Crippen LogP contribution is -2.43. The Kier molecular flexibility index (Phi) is 8.68. The highest BCUT2D eigenvalue weighted by Gasteiger charge is 2.39. The number of hydrogen-bond donors (Lipinski definition) is 1. The second-order valence-corrected chi connectivity index (χ2v) is 8.87. The first-order valence-corrected chi connectivity index (χ1v) is 12.3. The second-order valence-electron chi connectivity index (χ2n) is 8.87. The van der Waals surface area contributed by atoms with Crippen molar-refractivity contribution in [1.82, 2.24) is 4.90 Å². The van der Waals surface area contributed by atoms with E-state index in [1.807, 2.05) is 25.1 Å². The fraction of sp³-hybridized carbons (Fsp3) is 0.310. The molecular formula is C29H31FN2O4. The summed E-state index contributed by atoms with van der Waals surface area (Å²) < 4.78 is 24.2. The number of hydrogen-bond acceptors (Lipinski definition) is 4. The summed E-state index contributed by atoms with van der Waals surface area (Å²) in [5.74, 6) is 0.681. The van der Waals surface area contributed by atoms with E-state index in [9.17, 15) is 14.0 Å². The van der Waals surface area contributed by atoms with Gasteiger partial charge in [0.25, 0.3) is 0 Å². The summed E-state index contributed by atoms with van der Waals surface area (Å²) in [6.45, 7) is 3.33. The number of amides is 2. The van der Waals surface area contributed by atoms with E-state index in [0.29, 0.717) is 43.4 Å². The lowest BCUT2D eigenvalue weighted by atomic mass is 9.96. The number of rotatable bonds is 10. The summed E-state index contributed by atoms with van der Waals surface area (Å²) in [7, 11) is 0. The summed E-state index contributed by atoms with van der Waals surface area (Å²) >= 11 is 0. The van der Waals surface area contributed by atoms with Crippen LogP contribution in [0.2, 0.25) is 0 Å². The third-order valence-electron chi connectivity index (χ3n) is 6.21. The number of anilines is 1. The van der Waals surface area contributed by atoms with Crippen LogP contribution in [-0.2, 0) is 20.7 Å². The van der Waals surface area contributed by atoms with E-state index >= 15 is 0 Å². The van der Waals surface area contributed by atoms with Gasteiger partial charge in [0.15, 0.2) is 0 Å². The van der Waals surface area contributed by atoms with Crippen molar-refractivity contribution in [2.24, 2.45) is 5.92 Å². The van der Waals surface area contributed by atoms with Crippen molar-refractivity contribution in [3.8, 4) is 11.5 Å². The van der Waals surface area contributed by atoms with Crippen molar-refractivity contribution < 1.29 is 23.5 Å². The maximum atomic E-state index is 13.3. The maximum Gasteiger partial charge on any atom is 0.247 e. The number of carbonyl (C=O) groups is 2. The molecule has 0 aliphatic carbocycles. The van der Waals surface area contributed by atoms with Crippen molar-refractivity contribution in [3.63, 3.8) is 0 Å². The largest absolute Gasteiger partial charge is 0.457 e. The minimum absolute atomic E-state index is 0.0674. The number of carbonyl (C=O) groups excluding carboxylic acids is 2. The van der Waals surface area contributed by atoms with E-state index in [1.54, 1.807) is 41.3 Å². The fourth-order valence-corrected chi connectivity index (χ4v) is 4.46. The summed E-state index contributed by atoms with van der Waals surface area (Å²) in [4.78, 5) is 27.9. The van der Waals surface area contributed by atoms with Crippen LogP contribution in [0.15, 0.2) is 78.9 Å². The monoisotopic (exact) mass is 490 g/mol. The van der Waals surface area contributed by atoms with E-state index in [0.717, 1.165) is 6.42 Å². The number of nitrogens with one attached hydrogen (secondary N) is 1. The molecule has 1 N–H and O–H groups in total. The van der Waals surface area contributed by atoms with E-state index in [4.69, 9.17) is 9.47 Å². The van der Waals surface area contributed by atoms with Crippen molar-refractivity contribution in [2.75, 3.05) is 25.1 Å². The van der Waals surface area contributed by atoms with Gasteiger partial charge in [-0.25, -0.2) is 4.39 Å². The zero-order chi connectivity index (χ0) is 25.3. The Morgan fingerprint density at radius 3 is 2.31 bits per heavy atom. The SMILES string of the molecule is CCOCCC(=O)N1C[C@H](Cc2ccccc2)C[C@H]1C(=O)Nc1ccc(Oc2ccc(F)cc2)cc1. The van der Waals surface area contributed by atoms with Crippen LogP contribution in [0.25, 0.3) is 0 Å². The normalized spacial score (nSPS) is 17.1. The van der Waals surface area contributed by atoms with Gasteiger partial charge in [-0.1, -0.05) is 30.3 Å². The van der Waals surface area contributed by atoms with Crippen LogP contribution in [0, 0.1) is 11.7 Å². The molecule has 2 atom stereocenters. The van der Waals surface area contributed by atoms with Crippen molar-refractivity contribution >= 4 is 17.5 Å². The molecule has 0 spiro atoms. The Morgan fingerprint density at radius 2 is 1.64 bits per heavy atom. The molecule has 3 aromatic carbocycles. The molecule has 0 unspecified atom stereocenters. The predicted octanol–water partition coefficient (Wildman–Crippen LogP) is 5.44. The van der Waals surface area contributed by atoms with Gasteiger partial charge in [-0.15, -0.1) is 0 Å². The van der Waals surface area contributed by atoms with Crippen LogP contribution in [0.1, 0.15) is 25.3 Å². The maximum absolute atomic E-state index is 13.3. The van der Waals surface area contributed by atoms with Gasteiger partial charge >= 0.3 is 0 Å². The van der Waals surface area contributed by atoms with Gasteiger partial charge in [-0.2, -0.15) is 0 Å². The average molecular weight is 491 g/mol. The van der Waals surface area contributed by atoms with E-state index in [-0.39, 0.29) is 30.0 Å². The number of ether oxygens (including phenoxy) is 2. The number of halogens is 1. The van der Waals surface area contributed by atoms with Gasteiger partial charge < -0.3 is 19.7 Å². The topological polar surface area (TPSA) is 67.9 Å². The smallest absolute Gasteiger partial charge is 0.247 e. The molecule has 1 saturated heterocycles. The molecule has 7 heteroatoms. The molecule has 1 aliphatic rings. The molecule has 6 nitrogen and oxygen atoms in total. The minimum atomic E-state index is -0.539. The van der Waals surface area contributed by atoms with Gasteiger partial charge in [-0.3, -0.25) is 9.59 Å². The van der Waals surface area contributed by atoms with Crippen LogP contribution in [0.5, 0.6) is 11.5 Å². The molecule has 2 amide bonds. The van der Waals surface area contributed by atoms with Crippen molar-refractivity contribution in [3.05, 3.63) is 90.2 Å². The summed E-state index contributed by atoms with van der Waals surface area (Å²) in [6.07, 6.45) is 1.67. The van der Waals surface area contributed by atoms with Crippen LogP contribution in [0.3, 0.4) is 0 Å². The highest BCUT2D eigenvalue weighted by molar-refractivity contribution is 5.97. The Labute approximate surface area is 211 Å². The van der Waals surface area contributed by atoms with Crippen molar-refractivity contribution in [1.29, 1.82) is 0 Å². The molecule has 4 rings (SSSR count). The first-order valence-electron chi connectivity index (χ1n) is 12.3. The number of likely N-dealkylation sites (tertiary alicyclic amines) is 1. The molecule has 0 saturated carbocycles. The van der Waals surface area contributed by atoms with E-state index in [2.05, 4.69) is 17.4 Å². The highest BCUT2D eigenvalue weighted by Crippen LogP contribution is 2.29. The Bertz CT molecular complexity index is 1140. The first kappa shape index (κ1) is 25.4. The quantitative estimate of drug-likeness (QED) is 0.384. The Morgan fingerprint density at radius 1 is 0.972 bits per heavy atom. The summed E-state index contributed by atoms with van der Waals surface area (Å²) in [5.41, 5.74) is 1.81. The Hall–Kier alpha value is -3.71. The Balaban J connectivity index is 1.40. The summed E-state index contributed by atoms with van der Waals surface area (Å²) in [6, 6.07) is 22.3. The average Bonchev–Trinajstić information content (AvgIpc) is 3.31. The van der Waals surface area contributed by atoms with E-state index in [1.165, 1.54) is 17.7 Å². The molecule has 188 valence electrons. The van der Waals surface area contributed by atoms with Crippen molar-refractivity contribution in [2.45, 2.75) is 32.2 Å². The fourth-order valence-electron chi connectivity index (χ4n) is 4.46. The highest BCUT2D eigenvalue weighted by atomic mass is 19.1. The lowest BCUT2D eigenvalue weighted by molar-refractivity contribution is -0.137. The van der Waals surface area contributed by atoms with Gasteiger partial charge in [0, 0.05) is 18.8 Å². The van der Waals surface area contributed by atoms with Gasteiger partial charge in [0.1, 0.15) is 23.4 Å². The van der Waals surface area contributed by atoms with Crippen LogP contribution < -0.4 is 10.1 Å². The molecule has 3 aromatic rings. The predicted molar refractivity (Wildman–Crippen MR) is 136 cm³/mol. The zero-order valence-electron chi connectivity index (χ0n) is 20.4. The molecule has 0 aromatic heterocycles. The molecule has 1 heterocycles. The lowest BCUT2D eigenvalue weighted by Gasteiger charge is -2.24. The molecule has 0 radical (unpaired) electrons. The number of nitrogens with zero attached hydrogens (tertiary/aromatic N) is 1. The van der Waals surface area contributed by atoms with Gasteiger partial charge in [0.05, 0.1) is 13.0 Å². The first-order chi connectivity index (χ1) is 17.5. The third kappa shape index (κ3) is 6.92. The number of benzene rings is 3. The molecular weight excluding hydrogens is 459 g/mol. The van der Waals surface area contributed by atoms with Gasteiger partial charge in [-0.05, 0) is 79.8 Å². The molecule has 1 fully saturated rings. The van der Waals surface area contributed by atoms with Crippen LogP contribution >= 0.6 is 0 Å². The second kappa shape index (κ2) is 12.3. The van der Waals surface area contributed by atoms with Gasteiger partial charge in [0.2, 0.25) is 11.8 Å². The minimum Gasteiger partial charge on any atom is -0.457 e. The molecule has 1 aliphatic heterocycles. The van der Waals surface area contributed by atoms with Crippen LogP contribution in [-0.4, -0.2) is 42.5 Å². The van der Waals surface area contributed by atoms with Crippen LogP contribution in [0.4, 0.5) is 10.1 Å². The molecule has 36 heavy (non-hydrogen) atoms. The molecule has 0 bridgehead atoms. The summed E-state index contributed by atoms with van der Waals surface area (Å²) in [5, 5.41) is 2.95. The third-order valence-corrected chi connectivity index (χ3v) is 6.21.